The second-order valence-electron chi connectivity index (χ2n) is 9.61. The molecule has 0 spiro atoms. The summed E-state index contributed by atoms with van der Waals surface area (Å²) in [6.45, 7) is 12.4. The number of carbonyl (C=O) groups excluding carboxylic acids is 3. The first-order chi connectivity index (χ1) is 12.9. The Balaban J connectivity index is 2.02. The molecule has 0 bridgehead atoms. The van der Waals surface area contributed by atoms with Gasteiger partial charge >= 0.3 is 0 Å². The number of anilines is 2. The van der Waals surface area contributed by atoms with Crippen molar-refractivity contribution in [2.24, 2.45) is 16.7 Å². The molecule has 3 amide bonds. The SMILES string of the molecule is CC(C)(C)C(=O)Nc1cccc(NC(=O)C2CCCN(C(=O)C(C)(C)C)C2)c1. The minimum Gasteiger partial charge on any atom is -0.341 e. The van der Waals surface area contributed by atoms with Crippen LogP contribution in [0.15, 0.2) is 24.3 Å². The lowest BCUT2D eigenvalue weighted by atomic mass is 9.91. The number of carbonyl (C=O) groups is 3. The van der Waals surface area contributed by atoms with Gasteiger partial charge in [-0.2, -0.15) is 0 Å². The van der Waals surface area contributed by atoms with Gasteiger partial charge in [-0.05, 0) is 31.0 Å². The molecule has 154 valence electrons. The maximum atomic E-state index is 12.7. The molecule has 1 unspecified atom stereocenters. The predicted molar refractivity (Wildman–Crippen MR) is 112 cm³/mol. The fourth-order valence-corrected chi connectivity index (χ4v) is 3.09. The zero-order valence-electron chi connectivity index (χ0n) is 17.9. The number of hydrogen-bond donors (Lipinski definition) is 2. The Hall–Kier alpha value is -2.37. The second kappa shape index (κ2) is 8.33. The Morgan fingerprint density at radius 1 is 0.964 bits per heavy atom. The van der Waals surface area contributed by atoms with Crippen molar-refractivity contribution >= 4 is 29.1 Å². The molecule has 0 radical (unpaired) electrons. The molecule has 1 aliphatic rings. The van der Waals surface area contributed by atoms with Gasteiger partial charge in [0.1, 0.15) is 0 Å². The summed E-state index contributed by atoms with van der Waals surface area (Å²) in [7, 11) is 0. The summed E-state index contributed by atoms with van der Waals surface area (Å²) in [5.74, 6) is -0.324. The van der Waals surface area contributed by atoms with E-state index >= 15 is 0 Å². The smallest absolute Gasteiger partial charge is 0.229 e. The van der Waals surface area contributed by atoms with Crippen LogP contribution in [-0.4, -0.2) is 35.7 Å². The summed E-state index contributed by atoms with van der Waals surface area (Å²) in [5.41, 5.74) is 0.337. The number of benzene rings is 1. The van der Waals surface area contributed by atoms with Gasteiger partial charge in [-0.1, -0.05) is 47.6 Å². The van der Waals surface area contributed by atoms with Gasteiger partial charge in [-0.25, -0.2) is 0 Å². The van der Waals surface area contributed by atoms with Crippen LogP contribution in [0, 0.1) is 16.7 Å². The van der Waals surface area contributed by atoms with Crippen molar-refractivity contribution < 1.29 is 14.4 Å². The molecule has 0 aliphatic carbocycles. The van der Waals surface area contributed by atoms with Crippen LogP contribution in [-0.2, 0) is 14.4 Å². The van der Waals surface area contributed by atoms with E-state index in [0.29, 0.717) is 24.5 Å². The Bertz CT molecular complexity index is 744. The Morgan fingerprint density at radius 2 is 1.57 bits per heavy atom. The minimum atomic E-state index is -0.496. The fourth-order valence-electron chi connectivity index (χ4n) is 3.09. The third-order valence-corrected chi connectivity index (χ3v) is 4.79. The highest BCUT2D eigenvalue weighted by Crippen LogP contribution is 2.25. The summed E-state index contributed by atoms with van der Waals surface area (Å²) in [4.78, 5) is 39.2. The summed E-state index contributed by atoms with van der Waals surface area (Å²) < 4.78 is 0. The number of nitrogens with one attached hydrogen (secondary N) is 2. The van der Waals surface area contributed by atoms with Crippen LogP contribution in [0.5, 0.6) is 0 Å². The molecule has 6 nitrogen and oxygen atoms in total. The molecule has 0 saturated carbocycles. The van der Waals surface area contributed by atoms with E-state index in [1.54, 1.807) is 29.2 Å². The second-order valence-corrected chi connectivity index (χ2v) is 9.61. The van der Waals surface area contributed by atoms with Gasteiger partial charge in [0, 0.05) is 35.3 Å². The van der Waals surface area contributed by atoms with Crippen molar-refractivity contribution in [1.29, 1.82) is 0 Å². The molecule has 1 heterocycles. The quantitative estimate of drug-likeness (QED) is 0.826. The molecule has 2 rings (SSSR count). The molecule has 6 heteroatoms. The first-order valence-corrected chi connectivity index (χ1v) is 9.89. The van der Waals surface area contributed by atoms with E-state index in [2.05, 4.69) is 10.6 Å². The van der Waals surface area contributed by atoms with E-state index in [9.17, 15) is 14.4 Å². The lowest BCUT2D eigenvalue weighted by molar-refractivity contribution is -0.142. The number of nitrogens with zero attached hydrogens (tertiary/aromatic N) is 1. The Kier molecular flexibility index (Phi) is 6.52. The monoisotopic (exact) mass is 387 g/mol. The van der Waals surface area contributed by atoms with Crippen LogP contribution < -0.4 is 10.6 Å². The lowest BCUT2D eigenvalue weighted by Gasteiger charge is -2.35. The maximum absolute atomic E-state index is 12.7. The molecular weight excluding hydrogens is 354 g/mol. The molecule has 1 aromatic carbocycles. The number of rotatable bonds is 3. The molecule has 0 aromatic heterocycles. The van der Waals surface area contributed by atoms with Crippen molar-refractivity contribution in [3.8, 4) is 0 Å². The van der Waals surface area contributed by atoms with Crippen molar-refractivity contribution in [3.63, 3.8) is 0 Å². The van der Waals surface area contributed by atoms with Crippen molar-refractivity contribution in [2.75, 3.05) is 23.7 Å². The van der Waals surface area contributed by atoms with Crippen LogP contribution in [0.3, 0.4) is 0 Å². The first-order valence-electron chi connectivity index (χ1n) is 9.89. The van der Waals surface area contributed by atoms with E-state index in [0.717, 1.165) is 12.8 Å². The van der Waals surface area contributed by atoms with Crippen molar-refractivity contribution in [1.82, 2.24) is 4.90 Å². The molecule has 1 fully saturated rings. The zero-order valence-corrected chi connectivity index (χ0v) is 17.9. The number of hydrogen-bond acceptors (Lipinski definition) is 3. The average Bonchev–Trinajstić information content (AvgIpc) is 2.60. The zero-order chi connectivity index (χ0) is 21.1. The van der Waals surface area contributed by atoms with Crippen LogP contribution in [0.1, 0.15) is 54.4 Å². The molecule has 28 heavy (non-hydrogen) atoms. The lowest BCUT2D eigenvalue weighted by Crippen LogP contribution is -2.47. The predicted octanol–water partition coefficient (Wildman–Crippen LogP) is 3.89. The summed E-state index contributed by atoms with van der Waals surface area (Å²) in [6.07, 6.45) is 1.59. The standard InChI is InChI=1S/C22H33N3O3/c1-21(2,3)19(27)24-17-11-7-10-16(13-17)23-18(26)15-9-8-12-25(14-15)20(28)22(4,5)6/h7,10-11,13,15H,8-9,12,14H2,1-6H3,(H,23,26)(H,24,27). The van der Waals surface area contributed by atoms with Gasteiger partial charge in [0.2, 0.25) is 17.7 Å². The van der Waals surface area contributed by atoms with E-state index in [-0.39, 0.29) is 23.6 Å². The van der Waals surface area contributed by atoms with E-state index in [1.807, 2.05) is 41.5 Å². The van der Waals surface area contributed by atoms with Crippen LogP contribution in [0.2, 0.25) is 0 Å². The van der Waals surface area contributed by atoms with Crippen LogP contribution in [0.25, 0.3) is 0 Å². The van der Waals surface area contributed by atoms with Crippen LogP contribution >= 0.6 is 0 Å². The highest BCUT2D eigenvalue weighted by atomic mass is 16.2. The maximum Gasteiger partial charge on any atom is 0.229 e. The summed E-state index contributed by atoms with van der Waals surface area (Å²) in [6, 6.07) is 7.14. The molecule has 1 aromatic rings. The van der Waals surface area contributed by atoms with Crippen molar-refractivity contribution in [2.45, 2.75) is 54.4 Å². The van der Waals surface area contributed by atoms with Crippen LogP contribution in [0.4, 0.5) is 11.4 Å². The summed E-state index contributed by atoms with van der Waals surface area (Å²) in [5, 5.41) is 5.80. The molecule has 1 aliphatic heterocycles. The van der Waals surface area contributed by atoms with Gasteiger partial charge in [0.25, 0.3) is 0 Å². The summed E-state index contributed by atoms with van der Waals surface area (Å²) >= 11 is 0. The third-order valence-electron chi connectivity index (χ3n) is 4.79. The number of likely N-dealkylation sites (tertiary alicyclic amines) is 1. The van der Waals surface area contributed by atoms with Crippen molar-refractivity contribution in [3.05, 3.63) is 24.3 Å². The van der Waals surface area contributed by atoms with Gasteiger partial charge in [-0.3, -0.25) is 14.4 Å². The number of piperidine rings is 1. The van der Waals surface area contributed by atoms with Gasteiger partial charge in [-0.15, -0.1) is 0 Å². The van der Waals surface area contributed by atoms with Gasteiger partial charge in [0.05, 0.1) is 5.92 Å². The molecule has 1 atom stereocenters. The third kappa shape index (κ3) is 5.81. The Labute approximate surface area is 168 Å². The van der Waals surface area contributed by atoms with Gasteiger partial charge in [0.15, 0.2) is 0 Å². The normalized spacial score (nSPS) is 17.8. The number of amides is 3. The highest BCUT2D eigenvalue weighted by molar-refractivity contribution is 5.97. The molecule has 2 N–H and O–H groups in total. The topological polar surface area (TPSA) is 78.5 Å². The van der Waals surface area contributed by atoms with E-state index < -0.39 is 10.8 Å². The average molecular weight is 388 g/mol. The molecule has 1 saturated heterocycles. The van der Waals surface area contributed by atoms with E-state index in [4.69, 9.17) is 0 Å². The van der Waals surface area contributed by atoms with E-state index in [1.165, 1.54) is 0 Å². The minimum absolute atomic E-state index is 0.0805. The van der Waals surface area contributed by atoms with Gasteiger partial charge < -0.3 is 15.5 Å². The highest BCUT2D eigenvalue weighted by Gasteiger charge is 2.33. The first kappa shape index (κ1) is 21.9. The Morgan fingerprint density at radius 3 is 2.14 bits per heavy atom. The largest absolute Gasteiger partial charge is 0.341 e. The molecular formula is C22H33N3O3. The fraction of sp³-hybridized carbons (Fsp3) is 0.591.